The zero-order chi connectivity index (χ0) is 14.7. The largest absolute Gasteiger partial charge is 0.481 e. The fraction of sp³-hybridized carbons (Fsp3) is 0.125. The van der Waals surface area contributed by atoms with Gasteiger partial charge in [0, 0.05) is 6.07 Å². The number of aliphatic carboxylic acids is 1. The van der Waals surface area contributed by atoms with E-state index in [9.17, 15) is 31.2 Å². The predicted octanol–water partition coefficient (Wildman–Crippen LogP) is 1.50. The molecule has 1 rings (SSSR count). The molecular formula is C8H5IN2O8. The van der Waals surface area contributed by atoms with E-state index in [0.717, 1.165) is 6.07 Å². The molecule has 0 saturated heterocycles. The third-order valence-electron chi connectivity index (χ3n) is 2.02. The minimum Gasteiger partial charge on any atom is -0.481 e. The molecule has 0 atom stereocenters. The quantitative estimate of drug-likeness (QED) is 0.454. The molecule has 0 aliphatic rings. The number of carboxylic acids is 1. The van der Waals surface area contributed by atoms with Crippen LogP contribution in [0.25, 0.3) is 0 Å². The molecule has 1 aromatic carbocycles. The van der Waals surface area contributed by atoms with Crippen molar-refractivity contribution in [2.45, 2.75) is 6.42 Å². The summed E-state index contributed by atoms with van der Waals surface area (Å²) < 4.78 is 21.4. The van der Waals surface area contributed by atoms with Gasteiger partial charge in [0.05, 0.1) is 22.3 Å². The lowest BCUT2D eigenvalue weighted by molar-refractivity contribution is -0.394. The van der Waals surface area contributed by atoms with Gasteiger partial charge in [0.25, 0.3) is 11.4 Å². The van der Waals surface area contributed by atoms with E-state index in [1.165, 1.54) is 0 Å². The highest BCUT2D eigenvalue weighted by Crippen LogP contribution is 2.35. The van der Waals surface area contributed by atoms with E-state index in [1.54, 1.807) is 0 Å². The van der Waals surface area contributed by atoms with E-state index < -0.39 is 62.5 Å². The van der Waals surface area contributed by atoms with Crippen molar-refractivity contribution < 1.29 is 25.9 Å². The van der Waals surface area contributed by atoms with Crippen molar-refractivity contribution in [3.8, 4) is 0 Å². The Morgan fingerprint density at radius 1 is 1.21 bits per heavy atom. The van der Waals surface area contributed by atoms with Crippen molar-refractivity contribution in [2.24, 2.45) is 0 Å². The van der Waals surface area contributed by atoms with Gasteiger partial charge in [-0.25, -0.2) is 6.14 Å². The Bertz CT molecular complexity index is 642. The number of nitro benzene ring substituents is 2. The monoisotopic (exact) mass is 384 g/mol. The fourth-order valence-electron chi connectivity index (χ4n) is 1.36. The van der Waals surface area contributed by atoms with Gasteiger partial charge in [0.1, 0.15) is 0 Å². The highest BCUT2D eigenvalue weighted by atomic mass is 127. The zero-order valence-electron chi connectivity index (χ0n) is 8.94. The minimum atomic E-state index is -4.38. The van der Waals surface area contributed by atoms with Crippen molar-refractivity contribution in [3.05, 3.63) is 41.5 Å². The number of halogens is 1. The molecule has 102 valence electrons. The fourth-order valence-corrected chi connectivity index (χ4v) is 3.08. The SMILES string of the molecule is O=C(O)Cc1cc([N+](=O)[O-])cc([N+](=O)[O-])c1I(=O)=O. The highest BCUT2D eigenvalue weighted by molar-refractivity contribution is 14.2. The topological polar surface area (TPSA) is 158 Å². The smallest absolute Gasteiger partial charge is 0.348 e. The molecular weight excluding hydrogens is 379 g/mol. The lowest BCUT2D eigenvalue weighted by Crippen LogP contribution is -2.06. The molecule has 19 heavy (non-hydrogen) atoms. The number of rotatable bonds is 5. The summed E-state index contributed by atoms with van der Waals surface area (Å²) in [6.07, 6.45) is -0.851. The van der Waals surface area contributed by atoms with E-state index in [-0.39, 0.29) is 0 Å². The van der Waals surface area contributed by atoms with Crippen LogP contribution >= 0.6 is 19.8 Å². The molecule has 0 aliphatic heterocycles. The van der Waals surface area contributed by atoms with Crippen LogP contribution in [-0.2, 0) is 17.4 Å². The number of hydrogen-bond donors (Lipinski definition) is 1. The number of carboxylic acid groups (broad SMARTS) is 1. The summed E-state index contributed by atoms with van der Waals surface area (Å²) >= 11 is -4.38. The highest BCUT2D eigenvalue weighted by Gasteiger charge is 2.28. The first-order chi connectivity index (χ1) is 8.73. The zero-order valence-corrected chi connectivity index (χ0v) is 11.1. The molecule has 0 amide bonds. The van der Waals surface area contributed by atoms with Gasteiger partial charge in [-0.15, -0.1) is 0 Å². The molecule has 0 unspecified atom stereocenters. The van der Waals surface area contributed by atoms with Gasteiger partial charge in [0.2, 0.25) is 0 Å². The van der Waals surface area contributed by atoms with Crippen LogP contribution in [-0.4, -0.2) is 20.9 Å². The minimum absolute atomic E-state index is 0.455. The van der Waals surface area contributed by atoms with Crippen LogP contribution in [0, 0.1) is 23.8 Å². The summed E-state index contributed by atoms with van der Waals surface area (Å²) in [5.74, 6) is -1.45. The van der Waals surface area contributed by atoms with E-state index >= 15 is 0 Å². The van der Waals surface area contributed by atoms with Crippen molar-refractivity contribution in [2.75, 3.05) is 0 Å². The number of benzene rings is 1. The Morgan fingerprint density at radius 2 is 1.79 bits per heavy atom. The number of hydrogen-bond acceptors (Lipinski definition) is 7. The molecule has 0 spiro atoms. The van der Waals surface area contributed by atoms with Crippen LogP contribution in [0.3, 0.4) is 0 Å². The molecule has 10 nitrogen and oxygen atoms in total. The van der Waals surface area contributed by atoms with Gasteiger partial charge < -0.3 is 5.11 Å². The molecule has 0 fully saturated rings. The summed E-state index contributed by atoms with van der Waals surface area (Å²) in [4.78, 5) is 29.8. The van der Waals surface area contributed by atoms with Gasteiger partial charge in [-0.2, -0.15) is 0 Å². The maximum Gasteiger partial charge on any atom is 0.348 e. The summed E-state index contributed by atoms with van der Waals surface area (Å²) in [6.45, 7) is 0. The molecule has 1 N–H and O–H groups in total. The maximum atomic E-state index is 11.1. The van der Waals surface area contributed by atoms with Crippen LogP contribution in [0.5, 0.6) is 0 Å². The molecule has 0 aliphatic carbocycles. The van der Waals surface area contributed by atoms with Gasteiger partial charge in [0.15, 0.2) is 3.57 Å². The van der Waals surface area contributed by atoms with E-state index in [2.05, 4.69) is 0 Å². The predicted molar refractivity (Wildman–Crippen MR) is 65.2 cm³/mol. The first kappa shape index (κ1) is 14.9. The van der Waals surface area contributed by atoms with E-state index in [4.69, 9.17) is 5.11 Å². The molecule has 0 saturated carbocycles. The molecule has 1 aromatic rings. The second kappa shape index (κ2) is 5.64. The molecule has 0 heterocycles. The maximum absolute atomic E-state index is 11.1. The summed E-state index contributed by atoms with van der Waals surface area (Å²) in [5, 5.41) is 29.9. The first-order valence-electron chi connectivity index (χ1n) is 4.46. The Labute approximate surface area is 111 Å². The van der Waals surface area contributed by atoms with E-state index in [1.807, 2.05) is 0 Å². The number of non-ortho nitro benzene ring substituents is 1. The number of carbonyl (C=O) groups is 1. The molecule has 0 radical (unpaired) electrons. The number of nitro groups is 2. The van der Waals surface area contributed by atoms with Crippen LogP contribution < -0.4 is 0 Å². The standard InChI is InChI=1S/C8H5IN2O8/c12-7(13)2-4-1-5(10(16)17)3-6(11(18)19)8(4)9(14)15/h1,3H,2H2,(H,12,13). The lowest BCUT2D eigenvalue weighted by Gasteiger charge is -2.02. The summed E-state index contributed by atoms with van der Waals surface area (Å²) in [5.41, 5.74) is -2.16. The second-order valence-electron chi connectivity index (χ2n) is 3.24. The van der Waals surface area contributed by atoms with Crippen molar-refractivity contribution in [1.29, 1.82) is 0 Å². The van der Waals surface area contributed by atoms with Crippen LogP contribution in [0.15, 0.2) is 12.1 Å². The van der Waals surface area contributed by atoms with E-state index in [0.29, 0.717) is 6.07 Å². The first-order valence-corrected chi connectivity index (χ1v) is 7.30. The Hall–Kier alpha value is -2.18. The van der Waals surface area contributed by atoms with Gasteiger partial charge in [-0.1, -0.05) is 0 Å². The summed E-state index contributed by atoms with van der Waals surface area (Å²) in [6, 6.07) is 1.22. The van der Waals surface area contributed by atoms with Crippen molar-refractivity contribution >= 4 is 37.1 Å². The van der Waals surface area contributed by atoms with Crippen molar-refractivity contribution in [3.63, 3.8) is 0 Å². The Balaban J connectivity index is 3.69. The van der Waals surface area contributed by atoms with Gasteiger partial charge >= 0.3 is 25.8 Å². The average Bonchev–Trinajstić information content (AvgIpc) is 2.26. The normalized spacial score (nSPS) is 10.4. The van der Waals surface area contributed by atoms with Crippen molar-refractivity contribution in [1.82, 2.24) is 0 Å². The molecule has 0 bridgehead atoms. The van der Waals surface area contributed by atoms with Crippen LogP contribution in [0.1, 0.15) is 5.56 Å². The summed E-state index contributed by atoms with van der Waals surface area (Å²) in [7, 11) is 0. The average molecular weight is 384 g/mol. The van der Waals surface area contributed by atoms with Gasteiger partial charge in [-0.05, 0) is 5.56 Å². The Kier molecular flexibility index (Phi) is 4.42. The Morgan fingerprint density at radius 3 is 2.16 bits per heavy atom. The van der Waals surface area contributed by atoms with Crippen LogP contribution in [0.4, 0.5) is 11.4 Å². The second-order valence-corrected chi connectivity index (χ2v) is 5.56. The molecule has 11 heteroatoms. The van der Waals surface area contributed by atoms with Gasteiger partial charge in [-0.3, -0.25) is 25.0 Å². The third-order valence-corrected chi connectivity index (χ3v) is 4.14. The number of nitrogens with zero attached hydrogens (tertiary/aromatic N) is 2. The third kappa shape index (κ3) is 3.40. The van der Waals surface area contributed by atoms with Crippen LogP contribution in [0.2, 0.25) is 0 Å². The lowest BCUT2D eigenvalue weighted by atomic mass is 10.1. The molecule has 0 aromatic heterocycles.